The lowest BCUT2D eigenvalue weighted by Crippen LogP contribution is -2.33. The highest BCUT2D eigenvalue weighted by Gasteiger charge is 2.32. The predicted molar refractivity (Wildman–Crippen MR) is 140 cm³/mol. The van der Waals surface area contributed by atoms with Crippen molar-refractivity contribution >= 4 is 52.2 Å². The van der Waals surface area contributed by atoms with E-state index in [2.05, 4.69) is 5.32 Å². The maximum atomic E-state index is 12.7. The van der Waals surface area contributed by atoms with Gasteiger partial charge in [-0.2, -0.15) is 0 Å². The Hall–Kier alpha value is -2.39. The van der Waals surface area contributed by atoms with Crippen molar-refractivity contribution in [3.63, 3.8) is 0 Å². The molecule has 0 bridgehead atoms. The molecule has 1 aromatic carbocycles. The summed E-state index contributed by atoms with van der Waals surface area (Å²) in [6, 6.07) is 7.42. The van der Waals surface area contributed by atoms with Crippen molar-refractivity contribution in [2.24, 2.45) is 0 Å². The molecule has 2 N–H and O–H groups in total. The number of carbonyl (C=O) groups is 3. The van der Waals surface area contributed by atoms with Gasteiger partial charge in [-0.15, -0.1) is 0 Å². The van der Waals surface area contributed by atoms with E-state index in [4.69, 9.17) is 22.1 Å². The van der Waals surface area contributed by atoms with Crippen LogP contribution in [0.2, 0.25) is 0 Å². The fourth-order valence-electron chi connectivity index (χ4n) is 3.54. The molecule has 1 aromatic rings. The van der Waals surface area contributed by atoms with Crippen LogP contribution in [0.4, 0.5) is 0 Å². The van der Waals surface area contributed by atoms with E-state index in [1.807, 2.05) is 24.3 Å². The summed E-state index contributed by atoms with van der Waals surface area (Å²) in [5, 5.41) is 11.5. The van der Waals surface area contributed by atoms with E-state index in [9.17, 15) is 14.4 Å². The van der Waals surface area contributed by atoms with Gasteiger partial charge in [0.05, 0.1) is 12.0 Å². The van der Waals surface area contributed by atoms with E-state index < -0.39 is 5.97 Å². The molecule has 2 rings (SSSR count). The summed E-state index contributed by atoms with van der Waals surface area (Å²) < 4.78 is 5.62. The van der Waals surface area contributed by atoms with Gasteiger partial charge >= 0.3 is 5.97 Å². The number of rotatable bonds is 16. The summed E-state index contributed by atoms with van der Waals surface area (Å²) in [5.41, 5.74) is 0.886. The molecule has 2 amide bonds. The van der Waals surface area contributed by atoms with Crippen molar-refractivity contribution in [2.45, 2.75) is 64.2 Å². The molecule has 0 aromatic heterocycles. The lowest BCUT2D eigenvalue weighted by molar-refractivity contribution is -0.137. The minimum atomic E-state index is -0.720. The van der Waals surface area contributed by atoms with Gasteiger partial charge in [-0.25, -0.2) is 0 Å². The van der Waals surface area contributed by atoms with E-state index in [1.165, 1.54) is 16.7 Å². The minimum Gasteiger partial charge on any atom is -0.497 e. The van der Waals surface area contributed by atoms with Crippen LogP contribution in [-0.2, 0) is 14.4 Å². The summed E-state index contributed by atoms with van der Waals surface area (Å²) in [7, 11) is 1.61. The third-order valence-corrected chi connectivity index (χ3v) is 6.87. The van der Waals surface area contributed by atoms with E-state index >= 15 is 0 Å². The molecule has 0 atom stereocenters. The number of ether oxygens (including phenoxy) is 1. The van der Waals surface area contributed by atoms with E-state index in [0.717, 1.165) is 62.7 Å². The molecule has 1 saturated heterocycles. The number of carboxylic acids is 1. The first-order valence-electron chi connectivity index (χ1n) is 11.8. The molecule has 9 heteroatoms. The first-order valence-corrected chi connectivity index (χ1v) is 13.0. The van der Waals surface area contributed by atoms with Gasteiger partial charge in [0, 0.05) is 25.9 Å². The van der Waals surface area contributed by atoms with Crippen LogP contribution in [-0.4, -0.2) is 52.3 Å². The number of thiocarbonyl (C=S) groups is 1. The van der Waals surface area contributed by atoms with Gasteiger partial charge in [-0.05, 0) is 36.6 Å². The molecule has 0 spiro atoms. The van der Waals surface area contributed by atoms with Crippen molar-refractivity contribution in [1.29, 1.82) is 0 Å². The number of hydrogen-bond donors (Lipinski definition) is 2. The van der Waals surface area contributed by atoms with Gasteiger partial charge in [0.25, 0.3) is 5.91 Å². The number of nitrogens with one attached hydrogen (secondary N) is 1. The second-order valence-electron chi connectivity index (χ2n) is 8.18. The van der Waals surface area contributed by atoms with Crippen molar-refractivity contribution in [2.75, 3.05) is 20.2 Å². The molecule has 0 radical (unpaired) electrons. The Kier molecular flexibility index (Phi) is 12.7. The molecule has 1 aliphatic heterocycles. The average Bonchev–Trinajstić information content (AvgIpc) is 3.08. The van der Waals surface area contributed by atoms with Crippen LogP contribution in [0.25, 0.3) is 6.08 Å². The number of carbonyl (C=O) groups excluding carboxylic acids is 2. The number of amides is 2. The van der Waals surface area contributed by atoms with Crippen LogP contribution in [0.5, 0.6) is 5.75 Å². The van der Waals surface area contributed by atoms with Crippen molar-refractivity contribution in [3.8, 4) is 5.75 Å². The standard InChI is InChI=1S/C25H34N2O5S2/c1-32-20-13-11-19(12-14-20)18-21-24(31)27(25(33)34-21)17-15-22(28)26-16-9-7-5-3-2-4-6-8-10-23(29)30/h11-14,18H,2-10,15-17H2,1H3,(H,26,28)(H,29,30). The topological polar surface area (TPSA) is 95.9 Å². The second kappa shape index (κ2) is 15.5. The minimum absolute atomic E-state index is 0.0772. The number of unbranched alkanes of at least 4 members (excludes halogenated alkanes) is 7. The van der Waals surface area contributed by atoms with E-state index in [-0.39, 0.29) is 31.2 Å². The van der Waals surface area contributed by atoms with Crippen LogP contribution < -0.4 is 10.1 Å². The quantitative estimate of drug-likeness (QED) is 0.185. The number of methoxy groups -OCH3 is 1. The SMILES string of the molecule is COc1ccc(C=C2SC(=S)N(CCC(=O)NCCCCCCCCCCC(=O)O)C2=O)cc1. The number of benzene rings is 1. The van der Waals surface area contributed by atoms with Gasteiger partial charge in [0.1, 0.15) is 10.1 Å². The third-order valence-electron chi connectivity index (χ3n) is 5.49. The monoisotopic (exact) mass is 506 g/mol. The Balaban J connectivity index is 1.58. The normalized spacial score (nSPS) is 14.6. The number of carboxylic acid groups (broad SMARTS) is 1. The third kappa shape index (κ3) is 10.3. The van der Waals surface area contributed by atoms with Crippen molar-refractivity contribution in [3.05, 3.63) is 34.7 Å². The number of aliphatic carboxylic acids is 1. The first kappa shape index (κ1) is 27.9. The van der Waals surface area contributed by atoms with Crippen LogP contribution in [0.15, 0.2) is 29.2 Å². The number of hydrogen-bond acceptors (Lipinski definition) is 6. The Morgan fingerprint density at radius 2 is 1.65 bits per heavy atom. The van der Waals surface area contributed by atoms with Gasteiger partial charge in [0.2, 0.25) is 5.91 Å². The second-order valence-corrected chi connectivity index (χ2v) is 9.85. The van der Waals surface area contributed by atoms with E-state index in [0.29, 0.717) is 15.8 Å². The van der Waals surface area contributed by atoms with Crippen molar-refractivity contribution in [1.82, 2.24) is 10.2 Å². The maximum Gasteiger partial charge on any atom is 0.303 e. The highest BCUT2D eigenvalue weighted by atomic mass is 32.2. The zero-order chi connectivity index (χ0) is 24.8. The Bertz CT molecular complexity index is 871. The largest absolute Gasteiger partial charge is 0.497 e. The highest BCUT2D eigenvalue weighted by molar-refractivity contribution is 8.26. The summed E-state index contributed by atoms with van der Waals surface area (Å²) in [5.74, 6) is -0.212. The zero-order valence-electron chi connectivity index (χ0n) is 19.7. The number of nitrogens with zero attached hydrogens (tertiary/aromatic N) is 1. The first-order chi connectivity index (χ1) is 16.4. The van der Waals surface area contributed by atoms with Gasteiger partial charge in [-0.3, -0.25) is 19.3 Å². The van der Waals surface area contributed by atoms with Gasteiger partial charge in [-0.1, -0.05) is 74.6 Å². The molecule has 7 nitrogen and oxygen atoms in total. The molecule has 1 fully saturated rings. The molecule has 0 aliphatic carbocycles. The lowest BCUT2D eigenvalue weighted by Gasteiger charge is -2.14. The lowest BCUT2D eigenvalue weighted by atomic mass is 10.1. The summed E-state index contributed by atoms with van der Waals surface area (Å²) in [6.45, 7) is 0.908. The Labute approximate surface area is 211 Å². The molecule has 186 valence electrons. The zero-order valence-corrected chi connectivity index (χ0v) is 21.3. The van der Waals surface area contributed by atoms with Gasteiger partial charge in [0.15, 0.2) is 0 Å². The molecule has 0 unspecified atom stereocenters. The van der Waals surface area contributed by atoms with Crippen molar-refractivity contribution < 1.29 is 24.2 Å². The summed E-state index contributed by atoms with van der Waals surface area (Å²) >= 11 is 6.60. The maximum absolute atomic E-state index is 12.7. The average molecular weight is 507 g/mol. The Morgan fingerprint density at radius 1 is 1.03 bits per heavy atom. The van der Waals surface area contributed by atoms with Gasteiger partial charge < -0.3 is 15.2 Å². The molecular formula is C25H34N2O5S2. The predicted octanol–water partition coefficient (Wildman–Crippen LogP) is 5.00. The highest BCUT2D eigenvalue weighted by Crippen LogP contribution is 2.32. The smallest absolute Gasteiger partial charge is 0.303 e. The van der Waals surface area contributed by atoms with Crippen LogP contribution in [0, 0.1) is 0 Å². The summed E-state index contributed by atoms with van der Waals surface area (Å²) in [4.78, 5) is 37.4. The molecule has 1 heterocycles. The molecule has 34 heavy (non-hydrogen) atoms. The van der Waals surface area contributed by atoms with Crippen LogP contribution >= 0.6 is 24.0 Å². The fourth-order valence-corrected chi connectivity index (χ4v) is 4.84. The van der Waals surface area contributed by atoms with Crippen LogP contribution in [0.3, 0.4) is 0 Å². The Morgan fingerprint density at radius 3 is 2.26 bits per heavy atom. The molecule has 0 saturated carbocycles. The van der Waals surface area contributed by atoms with E-state index in [1.54, 1.807) is 13.2 Å². The van der Waals surface area contributed by atoms with Crippen LogP contribution in [0.1, 0.15) is 69.8 Å². The number of thioether (sulfide) groups is 1. The fraction of sp³-hybridized carbons (Fsp3) is 0.520. The molecular weight excluding hydrogens is 472 g/mol. The molecule has 1 aliphatic rings. The summed E-state index contributed by atoms with van der Waals surface area (Å²) in [6.07, 6.45) is 10.5.